The van der Waals surface area contributed by atoms with Gasteiger partial charge in [0.1, 0.15) is 35.9 Å². The SMILES string of the molecule is C/C=C(\C)[C@H]1OC(=O)C(C)(C)NC(=O)[C@H](C(C)CC)NC(=O)CN(C)C(=O)[C@@H](C[C@@H](C)C(C)Cl)N(C)C(=O)[C@H](C)NC(=O)[C@@H](CC(C)C)OC(=O)/C(C)=C/C[C@H](OC(=O)N(C)NC)[C@@H]1C. The van der Waals surface area contributed by atoms with Crippen molar-refractivity contribution in [2.45, 2.75) is 163 Å². The fraction of sp³-hybridized carbons (Fsp3) is 0.739. The third kappa shape index (κ3) is 17.6. The summed E-state index contributed by atoms with van der Waals surface area (Å²) in [6.07, 6.45) is -0.215. The van der Waals surface area contributed by atoms with Crippen LogP contribution in [0.1, 0.15) is 116 Å². The van der Waals surface area contributed by atoms with Crippen molar-refractivity contribution < 1.29 is 52.6 Å². The Kier molecular flexibility index (Phi) is 23.7. The van der Waals surface area contributed by atoms with Crippen molar-refractivity contribution >= 4 is 59.2 Å². The summed E-state index contributed by atoms with van der Waals surface area (Å²) >= 11 is 6.42. The van der Waals surface area contributed by atoms with Gasteiger partial charge in [0.2, 0.25) is 23.6 Å². The first-order valence-corrected chi connectivity index (χ1v) is 22.9. The molecule has 10 atom stereocenters. The number of alkyl halides is 1. The van der Waals surface area contributed by atoms with E-state index in [4.69, 9.17) is 25.8 Å². The first-order valence-electron chi connectivity index (χ1n) is 22.4. The molecule has 65 heavy (non-hydrogen) atoms. The van der Waals surface area contributed by atoms with E-state index < -0.39 is 113 Å². The van der Waals surface area contributed by atoms with Gasteiger partial charge in [-0.2, -0.15) is 0 Å². The minimum Gasteiger partial charge on any atom is -0.456 e. The highest BCUT2D eigenvalue weighted by atomic mass is 35.5. The molecule has 0 aromatic heterocycles. The largest absolute Gasteiger partial charge is 0.456 e. The summed E-state index contributed by atoms with van der Waals surface area (Å²) in [5, 5.41) is 8.85. The molecular formula is C46H78ClN7O11. The van der Waals surface area contributed by atoms with Crippen molar-refractivity contribution in [1.29, 1.82) is 0 Å². The molecule has 0 radical (unpaired) electrons. The molecule has 0 saturated heterocycles. The first kappa shape index (κ1) is 58.3. The van der Waals surface area contributed by atoms with Gasteiger partial charge < -0.3 is 40.0 Å². The maximum absolute atomic E-state index is 14.2. The van der Waals surface area contributed by atoms with Crippen LogP contribution >= 0.6 is 11.6 Å². The normalized spacial score (nSPS) is 27.9. The van der Waals surface area contributed by atoms with E-state index in [0.717, 1.165) is 9.91 Å². The van der Waals surface area contributed by atoms with Crippen LogP contribution in [0.15, 0.2) is 23.3 Å². The van der Waals surface area contributed by atoms with Crippen molar-refractivity contribution in [3.63, 3.8) is 0 Å². The van der Waals surface area contributed by atoms with Crippen molar-refractivity contribution in [3.8, 4) is 0 Å². The van der Waals surface area contributed by atoms with Gasteiger partial charge in [-0.15, -0.1) is 11.6 Å². The monoisotopic (exact) mass is 940 g/mol. The van der Waals surface area contributed by atoms with Crippen molar-refractivity contribution in [1.82, 2.24) is 36.2 Å². The Balaban J connectivity index is 4.01. The second-order valence-electron chi connectivity index (χ2n) is 18.4. The summed E-state index contributed by atoms with van der Waals surface area (Å²) in [6.45, 7) is 21.4. The molecule has 0 fully saturated rings. The highest BCUT2D eigenvalue weighted by Gasteiger charge is 2.41. The highest BCUT2D eigenvalue weighted by molar-refractivity contribution is 6.20. The number of ether oxygens (including phenoxy) is 3. The Morgan fingerprint density at radius 1 is 1.00 bits per heavy atom. The number of rotatable bonds is 10. The lowest BCUT2D eigenvalue weighted by atomic mass is 9.90. The number of halogens is 1. The van der Waals surface area contributed by atoms with Crippen LogP contribution in [0.3, 0.4) is 0 Å². The van der Waals surface area contributed by atoms with E-state index in [2.05, 4.69) is 21.4 Å². The van der Waals surface area contributed by atoms with E-state index in [1.807, 2.05) is 27.7 Å². The molecule has 19 heteroatoms. The highest BCUT2D eigenvalue weighted by Crippen LogP contribution is 2.28. The molecule has 370 valence electrons. The van der Waals surface area contributed by atoms with Crippen molar-refractivity contribution in [2.75, 3.05) is 34.7 Å². The molecule has 0 spiro atoms. The molecule has 4 N–H and O–H groups in total. The summed E-state index contributed by atoms with van der Waals surface area (Å²) < 4.78 is 17.8. The van der Waals surface area contributed by atoms with Crippen LogP contribution in [0.4, 0.5) is 4.79 Å². The smallest absolute Gasteiger partial charge is 0.424 e. The minimum atomic E-state index is -1.65. The lowest BCUT2D eigenvalue weighted by Crippen LogP contribution is -2.60. The molecule has 0 saturated carbocycles. The quantitative estimate of drug-likeness (QED) is 0.0794. The van der Waals surface area contributed by atoms with Gasteiger partial charge in [-0.05, 0) is 84.6 Å². The number of amides is 6. The zero-order valence-electron chi connectivity index (χ0n) is 41.8. The molecule has 1 heterocycles. The van der Waals surface area contributed by atoms with E-state index in [9.17, 15) is 38.4 Å². The molecule has 0 aromatic carbocycles. The minimum absolute atomic E-state index is 0.0536. The second kappa shape index (κ2) is 26.4. The van der Waals surface area contributed by atoms with Crippen molar-refractivity contribution in [3.05, 3.63) is 23.3 Å². The third-order valence-electron chi connectivity index (χ3n) is 12.0. The topological polar surface area (TPSA) is 222 Å². The predicted molar refractivity (Wildman–Crippen MR) is 248 cm³/mol. The standard InChI is InChI=1S/C46H78ClN7O11/c1-18-26(5)37-40(57)51-46(12,13)44(61)65-38(27(6)19-2)30(9)34(64-45(62)54(17)48-14)21-20-28(7)43(60)63-35(22-25(3)4)39(56)49-32(11)41(58)53(16)33(23-29(8)31(10)47)42(59)52(15)24-36(55)50-37/h19-20,25-26,29-35,37-38,48H,18,21-24H2,1-17H3,(H,49,56)(H,50,55)(H,51,57)/b27-19+,28-20+/t26?,29-,30+,31?,32+,33-,34+,35-,37+,38-/m1/s1. The van der Waals surface area contributed by atoms with Crippen LogP contribution in [0.2, 0.25) is 0 Å². The Morgan fingerprint density at radius 3 is 2.12 bits per heavy atom. The number of hydrogen-bond acceptors (Lipinski definition) is 12. The Bertz CT molecular complexity index is 1750. The average Bonchev–Trinajstić information content (AvgIpc) is 3.24. The number of cyclic esters (lactones) is 2. The lowest BCUT2D eigenvalue weighted by Gasteiger charge is -2.35. The summed E-state index contributed by atoms with van der Waals surface area (Å²) in [5.41, 5.74) is 1.72. The van der Waals surface area contributed by atoms with Gasteiger partial charge in [-0.1, -0.05) is 60.1 Å². The van der Waals surface area contributed by atoms with Gasteiger partial charge in [0.25, 0.3) is 5.91 Å². The fourth-order valence-corrected chi connectivity index (χ4v) is 6.94. The maximum atomic E-state index is 14.2. The molecule has 0 aromatic rings. The zero-order chi connectivity index (χ0) is 50.3. The molecule has 1 aliphatic rings. The number of nitrogens with one attached hydrogen (secondary N) is 4. The Morgan fingerprint density at radius 2 is 1.60 bits per heavy atom. The van der Waals surface area contributed by atoms with E-state index in [1.165, 1.54) is 66.9 Å². The Hall–Kier alpha value is -4.71. The van der Waals surface area contributed by atoms with Crippen LogP contribution in [-0.4, -0.2) is 144 Å². The van der Waals surface area contributed by atoms with Crippen LogP contribution in [-0.2, 0) is 47.8 Å². The van der Waals surface area contributed by atoms with Crippen LogP contribution < -0.4 is 21.4 Å². The van der Waals surface area contributed by atoms with E-state index in [1.54, 1.807) is 40.7 Å². The predicted octanol–water partition coefficient (Wildman–Crippen LogP) is 4.25. The number of likely N-dealkylation sites (N-methyl/N-ethyl adjacent to an activating group) is 2. The molecule has 2 unspecified atom stereocenters. The Labute approximate surface area is 391 Å². The van der Waals surface area contributed by atoms with Crippen molar-refractivity contribution in [2.24, 2.45) is 23.7 Å². The first-order chi connectivity index (χ1) is 30.0. The number of carbonyl (C=O) groups excluding carboxylic acids is 8. The third-order valence-corrected chi connectivity index (χ3v) is 12.4. The number of hydrogen-bond donors (Lipinski definition) is 4. The zero-order valence-corrected chi connectivity index (χ0v) is 42.5. The fourth-order valence-electron chi connectivity index (χ4n) is 6.84. The van der Waals surface area contributed by atoms with Crippen LogP contribution in [0.25, 0.3) is 0 Å². The number of allylic oxidation sites excluding steroid dienone is 1. The number of hydrazine groups is 1. The van der Waals surface area contributed by atoms with Crippen LogP contribution in [0, 0.1) is 23.7 Å². The molecule has 0 aliphatic carbocycles. The van der Waals surface area contributed by atoms with E-state index in [-0.39, 0.29) is 36.7 Å². The molecule has 6 amide bonds. The van der Waals surface area contributed by atoms with Gasteiger partial charge in [-0.25, -0.2) is 24.8 Å². The molecule has 1 aliphatic heterocycles. The second-order valence-corrected chi connectivity index (χ2v) is 19.1. The summed E-state index contributed by atoms with van der Waals surface area (Å²) in [5.74, 6) is -6.51. The lowest BCUT2D eigenvalue weighted by molar-refractivity contribution is -0.160. The maximum Gasteiger partial charge on any atom is 0.424 e. The van der Waals surface area contributed by atoms with E-state index in [0.29, 0.717) is 12.0 Å². The van der Waals surface area contributed by atoms with Gasteiger partial charge in [0, 0.05) is 51.5 Å². The number of carbonyl (C=O) groups is 8. The van der Waals surface area contributed by atoms with Crippen LogP contribution in [0.5, 0.6) is 0 Å². The number of esters is 2. The van der Waals surface area contributed by atoms with Gasteiger partial charge in [0.05, 0.1) is 6.54 Å². The van der Waals surface area contributed by atoms with Gasteiger partial charge in [0.15, 0.2) is 6.10 Å². The number of nitrogens with zero attached hydrogens (tertiary/aromatic N) is 3. The average molecular weight is 941 g/mol. The molecule has 1 rings (SSSR count). The van der Waals surface area contributed by atoms with E-state index >= 15 is 0 Å². The molecule has 18 nitrogen and oxygen atoms in total. The van der Waals surface area contributed by atoms with Gasteiger partial charge >= 0.3 is 18.0 Å². The summed E-state index contributed by atoms with van der Waals surface area (Å²) in [4.78, 5) is 113. The summed E-state index contributed by atoms with van der Waals surface area (Å²) in [6, 6.07) is -3.44. The summed E-state index contributed by atoms with van der Waals surface area (Å²) in [7, 11) is 5.79. The molecule has 0 bridgehead atoms. The van der Waals surface area contributed by atoms with Gasteiger partial charge in [-0.3, -0.25) is 24.0 Å². The molecular weight excluding hydrogens is 862 g/mol.